The van der Waals surface area contributed by atoms with Gasteiger partial charge >= 0.3 is 0 Å². The number of halogens is 1. The van der Waals surface area contributed by atoms with E-state index in [9.17, 15) is 4.79 Å². The lowest BCUT2D eigenvalue weighted by molar-refractivity contribution is -0.117. The molecule has 2 nitrogen and oxygen atoms in total. The molecule has 15 heavy (non-hydrogen) atoms. The zero-order valence-corrected chi connectivity index (χ0v) is 9.97. The molecule has 1 unspecified atom stereocenters. The van der Waals surface area contributed by atoms with Gasteiger partial charge in [0.15, 0.2) is 0 Å². The van der Waals surface area contributed by atoms with Crippen LogP contribution in [0.5, 0.6) is 5.75 Å². The highest BCUT2D eigenvalue weighted by Gasteiger charge is 2.13. The normalized spacial score (nSPS) is 12.3. The highest BCUT2D eigenvalue weighted by molar-refractivity contribution is 6.30. The van der Waals surface area contributed by atoms with Crippen LogP contribution in [0.25, 0.3) is 0 Å². The van der Waals surface area contributed by atoms with Crippen LogP contribution in [0.2, 0.25) is 5.02 Å². The van der Waals surface area contributed by atoms with Crippen molar-refractivity contribution in [2.45, 2.75) is 26.2 Å². The van der Waals surface area contributed by atoms with Crippen molar-refractivity contribution in [3.8, 4) is 5.75 Å². The summed E-state index contributed by atoms with van der Waals surface area (Å²) in [5, 5.41) is 0.668. The van der Waals surface area contributed by atoms with Crippen LogP contribution in [0.3, 0.4) is 0 Å². The van der Waals surface area contributed by atoms with Gasteiger partial charge in [-0.1, -0.05) is 18.5 Å². The maximum absolute atomic E-state index is 11.0. The molecule has 0 spiro atoms. The van der Waals surface area contributed by atoms with Gasteiger partial charge in [0, 0.05) is 11.4 Å². The summed E-state index contributed by atoms with van der Waals surface area (Å²) in [6.07, 6.45) is 0.511. The molecule has 1 aromatic carbocycles. The van der Waals surface area contributed by atoms with Crippen molar-refractivity contribution in [1.82, 2.24) is 0 Å². The van der Waals surface area contributed by atoms with E-state index in [0.29, 0.717) is 11.4 Å². The molecule has 0 amide bonds. The number of carbonyl (C=O) groups excluding carboxylic acids is 1. The van der Waals surface area contributed by atoms with Crippen molar-refractivity contribution >= 4 is 17.4 Å². The highest BCUT2D eigenvalue weighted by atomic mass is 35.5. The van der Waals surface area contributed by atoms with Crippen LogP contribution in [0.1, 0.15) is 31.7 Å². The van der Waals surface area contributed by atoms with Gasteiger partial charge in [0.2, 0.25) is 0 Å². The molecule has 82 valence electrons. The van der Waals surface area contributed by atoms with E-state index >= 15 is 0 Å². The van der Waals surface area contributed by atoms with Crippen molar-refractivity contribution in [3.05, 3.63) is 28.8 Å². The van der Waals surface area contributed by atoms with Crippen LogP contribution in [0.4, 0.5) is 0 Å². The lowest BCUT2D eigenvalue weighted by Crippen LogP contribution is -2.02. The lowest BCUT2D eigenvalue weighted by atomic mass is 9.95. The van der Waals surface area contributed by atoms with Gasteiger partial charge < -0.3 is 9.53 Å². The average Bonchev–Trinajstić information content (AvgIpc) is 2.16. The molecule has 0 bridgehead atoms. The first kappa shape index (κ1) is 12.1. The molecule has 0 saturated carbocycles. The first-order valence-corrected chi connectivity index (χ1v) is 5.25. The topological polar surface area (TPSA) is 26.3 Å². The van der Waals surface area contributed by atoms with E-state index in [1.165, 1.54) is 0 Å². The van der Waals surface area contributed by atoms with E-state index < -0.39 is 0 Å². The number of benzene rings is 1. The Hall–Kier alpha value is -1.02. The Morgan fingerprint density at radius 1 is 1.53 bits per heavy atom. The van der Waals surface area contributed by atoms with Crippen LogP contribution in [0.15, 0.2) is 18.2 Å². The summed E-state index contributed by atoms with van der Waals surface area (Å²) >= 11 is 5.91. The van der Waals surface area contributed by atoms with E-state index in [-0.39, 0.29) is 11.7 Å². The van der Waals surface area contributed by atoms with Gasteiger partial charge in [-0.3, -0.25) is 0 Å². The standard InChI is InChI=1S/C12H15ClO2/c1-8(6-9(2)14)11-7-10(13)4-5-12(11)15-3/h4-5,7-8H,6H2,1-3H3. The number of methoxy groups -OCH3 is 1. The molecule has 0 heterocycles. The zero-order chi connectivity index (χ0) is 11.4. The maximum atomic E-state index is 11.0. The van der Waals surface area contributed by atoms with Gasteiger partial charge in [-0.15, -0.1) is 0 Å². The summed E-state index contributed by atoms with van der Waals surface area (Å²) in [4.78, 5) is 11.0. The van der Waals surface area contributed by atoms with Crippen LogP contribution >= 0.6 is 11.6 Å². The second kappa shape index (κ2) is 5.17. The van der Waals surface area contributed by atoms with Crippen LogP contribution in [0, 0.1) is 0 Å². The molecule has 0 aliphatic rings. The first-order chi connectivity index (χ1) is 7.04. The third kappa shape index (κ3) is 3.24. The Morgan fingerprint density at radius 2 is 2.20 bits per heavy atom. The summed E-state index contributed by atoms with van der Waals surface area (Å²) in [6, 6.07) is 5.46. The first-order valence-electron chi connectivity index (χ1n) is 4.87. The Bertz CT molecular complexity index is 361. The lowest BCUT2D eigenvalue weighted by Gasteiger charge is -2.14. The number of ether oxygens (including phenoxy) is 1. The number of Topliss-reactive ketones (excluding diaryl/α,β-unsaturated/α-hetero) is 1. The van der Waals surface area contributed by atoms with Gasteiger partial charge in [-0.25, -0.2) is 0 Å². The molecule has 0 saturated heterocycles. The van der Waals surface area contributed by atoms with E-state index in [0.717, 1.165) is 11.3 Å². The van der Waals surface area contributed by atoms with Gasteiger partial charge in [-0.05, 0) is 36.6 Å². The molecule has 0 fully saturated rings. The van der Waals surface area contributed by atoms with E-state index in [2.05, 4.69) is 0 Å². The second-order valence-corrected chi connectivity index (χ2v) is 4.13. The molecule has 1 aromatic rings. The summed E-state index contributed by atoms with van der Waals surface area (Å²) in [6.45, 7) is 3.59. The van der Waals surface area contributed by atoms with Gasteiger partial charge in [0.05, 0.1) is 7.11 Å². The number of hydrogen-bond acceptors (Lipinski definition) is 2. The monoisotopic (exact) mass is 226 g/mol. The molecule has 0 aliphatic carbocycles. The molecular weight excluding hydrogens is 212 g/mol. The summed E-state index contributed by atoms with van der Waals surface area (Å²) < 4.78 is 5.23. The quantitative estimate of drug-likeness (QED) is 0.786. The SMILES string of the molecule is COc1ccc(Cl)cc1C(C)CC(C)=O. The smallest absolute Gasteiger partial charge is 0.130 e. The maximum Gasteiger partial charge on any atom is 0.130 e. The number of carbonyl (C=O) groups is 1. The molecule has 3 heteroatoms. The van der Waals surface area contributed by atoms with Gasteiger partial charge in [-0.2, -0.15) is 0 Å². The predicted molar refractivity (Wildman–Crippen MR) is 61.7 cm³/mol. The van der Waals surface area contributed by atoms with Gasteiger partial charge in [0.25, 0.3) is 0 Å². The minimum atomic E-state index is 0.135. The van der Waals surface area contributed by atoms with E-state index in [1.807, 2.05) is 19.1 Å². The fourth-order valence-electron chi connectivity index (χ4n) is 1.63. The highest BCUT2D eigenvalue weighted by Crippen LogP contribution is 2.31. The van der Waals surface area contributed by atoms with Crippen LogP contribution in [-0.2, 0) is 4.79 Å². The van der Waals surface area contributed by atoms with Crippen molar-refractivity contribution in [1.29, 1.82) is 0 Å². The Balaban J connectivity index is 2.99. The molecule has 0 radical (unpaired) electrons. The van der Waals surface area contributed by atoms with Crippen LogP contribution < -0.4 is 4.74 Å². The van der Waals surface area contributed by atoms with Crippen molar-refractivity contribution in [2.75, 3.05) is 7.11 Å². The van der Waals surface area contributed by atoms with Crippen molar-refractivity contribution < 1.29 is 9.53 Å². The second-order valence-electron chi connectivity index (χ2n) is 3.69. The summed E-state index contributed by atoms with van der Waals surface area (Å²) in [5.74, 6) is 1.09. The molecule has 1 atom stereocenters. The molecular formula is C12H15ClO2. The van der Waals surface area contributed by atoms with Crippen molar-refractivity contribution in [3.63, 3.8) is 0 Å². The predicted octanol–water partition coefficient (Wildman–Crippen LogP) is 3.43. The van der Waals surface area contributed by atoms with E-state index in [4.69, 9.17) is 16.3 Å². The fraction of sp³-hybridized carbons (Fsp3) is 0.417. The Kier molecular flexibility index (Phi) is 4.15. The molecule has 0 N–H and O–H groups in total. The average molecular weight is 227 g/mol. The Morgan fingerprint density at radius 3 is 2.73 bits per heavy atom. The number of rotatable bonds is 4. The van der Waals surface area contributed by atoms with Crippen LogP contribution in [-0.4, -0.2) is 12.9 Å². The zero-order valence-electron chi connectivity index (χ0n) is 9.21. The third-order valence-corrected chi connectivity index (χ3v) is 2.55. The minimum Gasteiger partial charge on any atom is -0.496 e. The largest absolute Gasteiger partial charge is 0.496 e. The fourth-order valence-corrected chi connectivity index (χ4v) is 1.81. The van der Waals surface area contributed by atoms with Crippen molar-refractivity contribution in [2.24, 2.45) is 0 Å². The summed E-state index contributed by atoms with van der Waals surface area (Å²) in [7, 11) is 1.62. The van der Waals surface area contributed by atoms with E-state index in [1.54, 1.807) is 20.1 Å². The molecule has 0 aromatic heterocycles. The molecule has 0 aliphatic heterocycles. The summed E-state index contributed by atoms with van der Waals surface area (Å²) in [5.41, 5.74) is 0.986. The minimum absolute atomic E-state index is 0.135. The third-order valence-electron chi connectivity index (χ3n) is 2.32. The Labute approximate surface area is 95.2 Å². The number of ketones is 1. The number of hydrogen-bond donors (Lipinski definition) is 0. The molecule has 1 rings (SSSR count). The van der Waals surface area contributed by atoms with Gasteiger partial charge in [0.1, 0.15) is 11.5 Å².